The molecule has 1 radical (unpaired) electrons. The molecule has 0 amide bonds. The van der Waals surface area contributed by atoms with Crippen LogP contribution in [0.5, 0.6) is 5.75 Å². The van der Waals surface area contributed by atoms with E-state index in [9.17, 15) is 5.11 Å². The first-order valence-electron chi connectivity index (χ1n) is 6.83. The number of hydrogen-bond acceptors (Lipinski definition) is 1. The first-order chi connectivity index (χ1) is 8.35. The molecule has 0 bridgehead atoms. The molecule has 101 valence electrons. The molecule has 1 nitrogen and oxygen atoms in total. The van der Waals surface area contributed by atoms with Crippen LogP contribution in [0.25, 0.3) is 0 Å². The molecule has 0 aliphatic carbocycles. The highest BCUT2D eigenvalue weighted by atomic mass is 32.2. The minimum atomic E-state index is 0.183. The van der Waals surface area contributed by atoms with Gasteiger partial charge in [-0.3, -0.25) is 5.11 Å². The van der Waals surface area contributed by atoms with Crippen molar-refractivity contribution in [2.75, 3.05) is 0 Å². The largest absolute Gasteiger partial charge is 0.289 e. The Kier molecular flexibility index (Phi) is 5.58. The molecule has 0 saturated carbocycles. The van der Waals surface area contributed by atoms with Crippen molar-refractivity contribution in [1.29, 1.82) is 0 Å². The molecule has 0 aliphatic heterocycles. The van der Waals surface area contributed by atoms with Gasteiger partial charge in [-0.25, -0.2) is 0 Å². The number of rotatable bonds is 6. The van der Waals surface area contributed by atoms with Gasteiger partial charge in [0.25, 0.3) is 0 Å². The molecule has 0 aromatic heterocycles. The molecule has 0 unspecified atom stereocenters. The average Bonchev–Trinajstić information content (AvgIpc) is 2.25. The quantitative estimate of drug-likeness (QED) is 0.463. The topological polar surface area (TPSA) is 19.9 Å². The number of benzene rings is 1. The SMILES string of the molecule is CCCCCC(C)(C)Sc1cc(C)c([O])c(C)c1. The minimum absolute atomic E-state index is 0.183. The van der Waals surface area contributed by atoms with E-state index in [-0.39, 0.29) is 10.5 Å². The van der Waals surface area contributed by atoms with Gasteiger partial charge in [0.05, 0.1) is 0 Å². The third kappa shape index (κ3) is 4.56. The third-order valence-corrected chi connectivity index (χ3v) is 4.44. The molecule has 0 atom stereocenters. The minimum Gasteiger partial charge on any atom is -0.289 e. The van der Waals surface area contributed by atoms with Crippen LogP contribution >= 0.6 is 11.8 Å². The van der Waals surface area contributed by atoms with Crippen molar-refractivity contribution in [2.24, 2.45) is 0 Å². The van der Waals surface area contributed by atoms with Crippen LogP contribution < -0.4 is 0 Å². The van der Waals surface area contributed by atoms with Gasteiger partial charge < -0.3 is 0 Å². The Hall–Kier alpha value is -0.630. The van der Waals surface area contributed by atoms with Crippen molar-refractivity contribution < 1.29 is 5.11 Å². The summed E-state index contributed by atoms with van der Waals surface area (Å²) in [4.78, 5) is 1.23. The molecule has 1 rings (SSSR count). The molecule has 2 heteroatoms. The second-order valence-corrected chi connectivity index (χ2v) is 7.49. The zero-order chi connectivity index (χ0) is 13.8. The van der Waals surface area contributed by atoms with Crippen LogP contribution in [0.15, 0.2) is 17.0 Å². The first-order valence-corrected chi connectivity index (χ1v) is 7.64. The van der Waals surface area contributed by atoms with Crippen molar-refractivity contribution in [3.05, 3.63) is 23.3 Å². The van der Waals surface area contributed by atoms with E-state index in [2.05, 4.69) is 20.8 Å². The summed E-state index contributed by atoms with van der Waals surface area (Å²) in [5.74, 6) is 0.183. The van der Waals surface area contributed by atoms with Gasteiger partial charge >= 0.3 is 0 Å². The maximum absolute atomic E-state index is 11.7. The van der Waals surface area contributed by atoms with E-state index in [1.165, 1.54) is 30.6 Å². The number of thioether (sulfide) groups is 1. The second kappa shape index (κ2) is 6.51. The van der Waals surface area contributed by atoms with Crippen LogP contribution in [0.4, 0.5) is 0 Å². The van der Waals surface area contributed by atoms with Crippen molar-refractivity contribution >= 4 is 11.8 Å². The first kappa shape index (κ1) is 15.4. The van der Waals surface area contributed by atoms with Gasteiger partial charge in [0.2, 0.25) is 0 Å². The number of unbranched alkanes of at least 4 members (excludes halogenated alkanes) is 2. The molecule has 0 heterocycles. The fourth-order valence-electron chi connectivity index (χ4n) is 2.14. The number of aryl methyl sites for hydroxylation is 2. The summed E-state index contributed by atoms with van der Waals surface area (Å²) >= 11 is 1.89. The Balaban J connectivity index is 2.71. The van der Waals surface area contributed by atoms with Crippen LogP contribution in [0.1, 0.15) is 57.6 Å². The zero-order valence-corrected chi connectivity index (χ0v) is 13.1. The fraction of sp³-hybridized carbons (Fsp3) is 0.625. The van der Waals surface area contributed by atoms with Crippen LogP contribution in [0, 0.1) is 13.8 Å². The smallest absolute Gasteiger partial charge is 0.184 e. The Morgan fingerprint density at radius 2 is 1.67 bits per heavy atom. The maximum atomic E-state index is 11.7. The van der Waals surface area contributed by atoms with E-state index in [1.807, 2.05) is 37.7 Å². The van der Waals surface area contributed by atoms with Crippen molar-refractivity contribution in [3.8, 4) is 5.75 Å². The van der Waals surface area contributed by atoms with E-state index in [0.717, 1.165) is 11.1 Å². The molecule has 0 spiro atoms. The van der Waals surface area contributed by atoms with Crippen LogP contribution in [-0.4, -0.2) is 4.75 Å². The zero-order valence-electron chi connectivity index (χ0n) is 12.3. The lowest BCUT2D eigenvalue weighted by atomic mass is 10.0. The summed E-state index contributed by atoms with van der Waals surface area (Å²) in [6, 6.07) is 4.06. The number of hydrogen-bond donors (Lipinski definition) is 0. The standard InChI is InChI=1S/C16H25OS/c1-6-7-8-9-16(4,5)18-14-10-12(2)15(17)13(3)11-14/h10-11H,6-9H2,1-5H3. The van der Waals surface area contributed by atoms with E-state index >= 15 is 0 Å². The van der Waals surface area contributed by atoms with Crippen molar-refractivity contribution in [1.82, 2.24) is 0 Å². The summed E-state index contributed by atoms with van der Waals surface area (Å²) in [6.45, 7) is 10.6. The third-order valence-electron chi connectivity index (χ3n) is 3.21. The van der Waals surface area contributed by atoms with E-state index in [1.54, 1.807) is 0 Å². The van der Waals surface area contributed by atoms with Crippen molar-refractivity contribution in [2.45, 2.75) is 69.9 Å². The molecule has 0 fully saturated rings. The van der Waals surface area contributed by atoms with Crippen LogP contribution in [-0.2, 0) is 5.11 Å². The molecule has 0 saturated heterocycles. The summed E-state index contributed by atoms with van der Waals surface area (Å²) in [5, 5.41) is 11.7. The highest BCUT2D eigenvalue weighted by molar-refractivity contribution is 8.00. The predicted molar refractivity (Wildman–Crippen MR) is 80.1 cm³/mol. The lowest BCUT2D eigenvalue weighted by Crippen LogP contribution is -2.14. The van der Waals surface area contributed by atoms with Gasteiger partial charge in [-0.1, -0.05) is 40.0 Å². The lowest BCUT2D eigenvalue weighted by molar-refractivity contribution is 0.348. The monoisotopic (exact) mass is 265 g/mol. The maximum Gasteiger partial charge on any atom is 0.184 e. The molecule has 18 heavy (non-hydrogen) atoms. The summed E-state index contributed by atoms with van der Waals surface area (Å²) in [5.41, 5.74) is 1.73. The molecule has 1 aromatic carbocycles. The Labute approximate surface area is 116 Å². The highest BCUT2D eigenvalue weighted by Crippen LogP contribution is 2.39. The van der Waals surface area contributed by atoms with Crippen LogP contribution in [0.3, 0.4) is 0 Å². The summed E-state index contributed by atoms with van der Waals surface area (Å²) in [6.07, 6.45) is 5.09. The normalized spacial score (nSPS) is 11.8. The fourth-order valence-corrected chi connectivity index (χ4v) is 3.50. The van der Waals surface area contributed by atoms with Gasteiger partial charge in [0.15, 0.2) is 5.75 Å². The molecule has 0 N–H and O–H groups in total. The molecular formula is C16H25OS. The van der Waals surface area contributed by atoms with Crippen LogP contribution in [0.2, 0.25) is 0 Å². The molecule has 1 aromatic rings. The highest BCUT2D eigenvalue weighted by Gasteiger charge is 2.19. The van der Waals surface area contributed by atoms with E-state index in [4.69, 9.17) is 0 Å². The van der Waals surface area contributed by atoms with E-state index < -0.39 is 0 Å². The van der Waals surface area contributed by atoms with Gasteiger partial charge in [-0.05, 0) is 43.5 Å². The second-order valence-electron chi connectivity index (χ2n) is 5.71. The summed E-state index contributed by atoms with van der Waals surface area (Å²) in [7, 11) is 0. The van der Waals surface area contributed by atoms with E-state index in [0.29, 0.717) is 0 Å². The average molecular weight is 265 g/mol. The molecular weight excluding hydrogens is 240 g/mol. The lowest BCUT2D eigenvalue weighted by Gasteiger charge is -2.24. The van der Waals surface area contributed by atoms with Gasteiger partial charge in [-0.2, -0.15) is 0 Å². The van der Waals surface area contributed by atoms with Gasteiger partial charge in [-0.15, -0.1) is 11.8 Å². The predicted octanol–water partition coefficient (Wildman–Crippen LogP) is 5.90. The summed E-state index contributed by atoms with van der Waals surface area (Å²) < 4.78 is 0.248. The van der Waals surface area contributed by atoms with Gasteiger partial charge in [0, 0.05) is 9.64 Å². The molecule has 0 aliphatic rings. The Morgan fingerprint density at radius 1 is 1.11 bits per heavy atom. The van der Waals surface area contributed by atoms with Gasteiger partial charge in [0.1, 0.15) is 0 Å². The van der Waals surface area contributed by atoms with Crippen molar-refractivity contribution in [3.63, 3.8) is 0 Å². The Morgan fingerprint density at radius 3 is 2.17 bits per heavy atom. The Bertz CT molecular complexity index is 373.